The Morgan fingerprint density at radius 3 is 2.08 bits per heavy atom. The molecule has 0 aliphatic rings. The van der Waals surface area contributed by atoms with E-state index in [4.69, 9.17) is 39.5 Å². The van der Waals surface area contributed by atoms with Crippen LogP contribution in [0.15, 0.2) is 0 Å². The lowest BCUT2D eigenvalue weighted by atomic mass is 9.90. The number of carbonyl (C=O) groups excluding carboxylic acids is 3. The SMILES string of the molecule is CCc1c(NC(=O)COCCCl)c(C)c(C(=O)Cl)c(C)c1C(=O)Cl. The molecule has 1 N–H and O–H groups in total. The maximum absolute atomic E-state index is 12.0. The van der Waals surface area contributed by atoms with Crippen molar-refractivity contribution in [2.24, 2.45) is 0 Å². The molecule has 1 aromatic rings. The highest BCUT2D eigenvalue weighted by Gasteiger charge is 2.25. The van der Waals surface area contributed by atoms with Gasteiger partial charge in [0.1, 0.15) is 6.61 Å². The molecule has 5 nitrogen and oxygen atoms in total. The lowest BCUT2D eigenvalue weighted by Crippen LogP contribution is -2.22. The van der Waals surface area contributed by atoms with Crippen molar-refractivity contribution in [2.45, 2.75) is 27.2 Å². The molecule has 0 bridgehead atoms. The number of ether oxygens (including phenoxy) is 1. The van der Waals surface area contributed by atoms with Crippen molar-refractivity contribution < 1.29 is 19.1 Å². The van der Waals surface area contributed by atoms with Gasteiger partial charge in [0.2, 0.25) is 5.91 Å². The molecule has 0 saturated carbocycles. The van der Waals surface area contributed by atoms with Crippen LogP contribution in [-0.2, 0) is 16.0 Å². The summed E-state index contributed by atoms with van der Waals surface area (Å²) < 4.78 is 5.08. The average Bonchev–Trinajstić information content (AvgIpc) is 2.49. The summed E-state index contributed by atoms with van der Waals surface area (Å²) in [4.78, 5) is 35.6. The molecule has 0 aliphatic carbocycles. The van der Waals surface area contributed by atoms with Gasteiger partial charge in [-0.2, -0.15) is 0 Å². The Balaban J connectivity index is 3.44. The van der Waals surface area contributed by atoms with Crippen molar-refractivity contribution in [1.29, 1.82) is 0 Å². The van der Waals surface area contributed by atoms with Crippen LogP contribution in [0.3, 0.4) is 0 Å². The Morgan fingerprint density at radius 2 is 1.62 bits per heavy atom. The van der Waals surface area contributed by atoms with Gasteiger partial charge in [0.05, 0.1) is 6.61 Å². The average molecular weight is 395 g/mol. The fraction of sp³-hybridized carbons (Fsp3) is 0.438. The molecule has 0 unspecified atom stereocenters. The van der Waals surface area contributed by atoms with Crippen LogP contribution in [0.1, 0.15) is 44.3 Å². The number of alkyl halides is 1. The van der Waals surface area contributed by atoms with Crippen molar-refractivity contribution in [2.75, 3.05) is 24.4 Å². The van der Waals surface area contributed by atoms with E-state index in [1.165, 1.54) is 0 Å². The Bertz CT molecular complexity index is 674. The molecule has 0 radical (unpaired) electrons. The highest BCUT2D eigenvalue weighted by molar-refractivity contribution is 6.69. The van der Waals surface area contributed by atoms with Crippen molar-refractivity contribution in [3.63, 3.8) is 0 Å². The van der Waals surface area contributed by atoms with Crippen LogP contribution in [-0.4, -0.2) is 35.5 Å². The number of amides is 1. The van der Waals surface area contributed by atoms with Crippen molar-refractivity contribution in [1.82, 2.24) is 0 Å². The lowest BCUT2D eigenvalue weighted by Gasteiger charge is -2.20. The van der Waals surface area contributed by atoms with Crippen LogP contribution >= 0.6 is 34.8 Å². The molecule has 0 aromatic heterocycles. The summed E-state index contributed by atoms with van der Waals surface area (Å²) in [5, 5.41) is 1.25. The number of benzene rings is 1. The predicted molar refractivity (Wildman–Crippen MR) is 95.8 cm³/mol. The monoisotopic (exact) mass is 393 g/mol. The van der Waals surface area contributed by atoms with E-state index >= 15 is 0 Å². The maximum Gasteiger partial charge on any atom is 0.253 e. The van der Waals surface area contributed by atoms with Gasteiger partial charge in [0.25, 0.3) is 10.5 Å². The fourth-order valence-corrected chi connectivity index (χ4v) is 3.24. The summed E-state index contributed by atoms with van der Waals surface area (Å²) in [6, 6.07) is 0. The molecule has 1 rings (SSSR count). The van der Waals surface area contributed by atoms with Gasteiger partial charge in [-0.05, 0) is 60.2 Å². The van der Waals surface area contributed by atoms with E-state index in [0.29, 0.717) is 28.8 Å². The summed E-state index contributed by atoms with van der Waals surface area (Å²) in [6.45, 7) is 5.11. The molecule has 0 spiro atoms. The molecular weight excluding hydrogens is 377 g/mol. The van der Waals surface area contributed by atoms with Crippen LogP contribution in [0.4, 0.5) is 5.69 Å². The molecule has 1 amide bonds. The third kappa shape index (κ3) is 4.70. The van der Waals surface area contributed by atoms with Crippen molar-refractivity contribution >= 4 is 56.9 Å². The van der Waals surface area contributed by atoms with Crippen molar-refractivity contribution in [3.05, 3.63) is 27.8 Å². The first-order valence-electron chi connectivity index (χ1n) is 7.25. The van der Waals surface area contributed by atoms with E-state index < -0.39 is 16.4 Å². The Labute approximate surface area is 155 Å². The number of anilines is 1. The first kappa shape index (κ1) is 20.9. The summed E-state index contributed by atoms with van der Waals surface area (Å²) in [5.41, 5.74) is 2.14. The van der Waals surface area contributed by atoms with Crippen LogP contribution in [0.5, 0.6) is 0 Å². The zero-order valence-electron chi connectivity index (χ0n) is 13.6. The zero-order valence-corrected chi connectivity index (χ0v) is 15.9. The molecular formula is C16H18Cl3NO4. The fourth-order valence-electron chi connectivity index (χ4n) is 2.59. The summed E-state index contributed by atoms with van der Waals surface area (Å²) in [6.07, 6.45) is 0.435. The second-order valence-corrected chi connectivity index (χ2v) is 6.11. The van der Waals surface area contributed by atoms with Crippen molar-refractivity contribution in [3.8, 4) is 0 Å². The van der Waals surface area contributed by atoms with Crippen LogP contribution in [0.2, 0.25) is 0 Å². The molecule has 8 heteroatoms. The third-order valence-electron chi connectivity index (χ3n) is 3.57. The number of halogens is 3. The molecule has 0 atom stereocenters. The van der Waals surface area contributed by atoms with Gasteiger partial charge >= 0.3 is 0 Å². The van der Waals surface area contributed by atoms with E-state index in [1.54, 1.807) is 13.8 Å². The minimum absolute atomic E-state index is 0.162. The number of rotatable bonds is 8. The third-order valence-corrected chi connectivity index (χ3v) is 4.10. The molecule has 24 heavy (non-hydrogen) atoms. The van der Waals surface area contributed by atoms with E-state index in [9.17, 15) is 14.4 Å². The summed E-state index contributed by atoms with van der Waals surface area (Å²) in [7, 11) is 0. The topological polar surface area (TPSA) is 72.5 Å². The predicted octanol–water partition coefficient (Wildman–Crippen LogP) is 3.82. The van der Waals surface area contributed by atoms with Gasteiger partial charge in [-0.1, -0.05) is 6.92 Å². The minimum atomic E-state index is -0.722. The Hall–Kier alpha value is -1.14. The Morgan fingerprint density at radius 1 is 1.04 bits per heavy atom. The van der Waals surface area contributed by atoms with E-state index in [-0.39, 0.29) is 30.2 Å². The smallest absolute Gasteiger partial charge is 0.253 e. The second kappa shape index (κ2) is 9.37. The Kier molecular flexibility index (Phi) is 8.16. The number of nitrogens with one attached hydrogen (secondary N) is 1. The number of hydrogen-bond acceptors (Lipinski definition) is 4. The van der Waals surface area contributed by atoms with Crippen LogP contribution in [0, 0.1) is 13.8 Å². The quantitative estimate of drug-likeness (QED) is 0.413. The lowest BCUT2D eigenvalue weighted by molar-refractivity contribution is -0.120. The summed E-state index contributed by atoms with van der Waals surface area (Å²) in [5.74, 6) is -0.157. The number of hydrogen-bond donors (Lipinski definition) is 1. The molecule has 132 valence electrons. The first-order valence-corrected chi connectivity index (χ1v) is 8.54. The molecule has 0 heterocycles. The van der Waals surface area contributed by atoms with Gasteiger partial charge in [-0.3, -0.25) is 14.4 Å². The second-order valence-electron chi connectivity index (χ2n) is 5.04. The minimum Gasteiger partial charge on any atom is -0.370 e. The van der Waals surface area contributed by atoms with E-state index in [0.717, 1.165) is 0 Å². The van der Waals surface area contributed by atoms with E-state index in [2.05, 4.69) is 5.32 Å². The molecule has 0 fully saturated rings. The highest BCUT2D eigenvalue weighted by Crippen LogP contribution is 2.34. The molecule has 0 aliphatic heterocycles. The molecule has 0 saturated heterocycles. The van der Waals surface area contributed by atoms with Gasteiger partial charge in [-0.25, -0.2) is 0 Å². The highest BCUT2D eigenvalue weighted by atomic mass is 35.5. The molecule has 1 aromatic carbocycles. The van der Waals surface area contributed by atoms with Crippen LogP contribution in [0.25, 0.3) is 0 Å². The zero-order chi connectivity index (χ0) is 18.4. The largest absolute Gasteiger partial charge is 0.370 e. The van der Waals surface area contributed by atoms with Gasteiger partial charge in [0, 0.05) is 22.7 Å². The first-order chi connectivity index (χ1) is 11.3. The van der Waals surface area contributed by atoms with E-state index in [1.807, 2.05) is 6.92 Å². The standard InChI is InChI=1S/C16H18Cl3NO4/c1-4-10-13(16(19)23)8(2)12(15(18)22)9(3)14(10)20-11(21)7-24-6-5-17/h4-7H2,1-3H3,(H,20,21). The number of carbonyl (C=O) groups is 3. The maximum atomic E-state index is 12.0. The normalized spacial score (nSPS) is 10.6. The van der Waals surface area contributed by atoms with Gasteiger partial charge in [0.15, 0.2) is 0 Å². The van der Waals surface area contributed by atoms with Gasteiger partial charge < -0.3 is 10.1 Å². The summed E-state index contributed by atoms with van der Waals surface area (Å²) >= 11 is 16.8. The van der Waals surface area contributed by atoms with Gasteiger partial charge in [-0.15, -0.1) is 11.6 Å². The van der Waals surface area contributed by atoms with Crippen LogP contribution < -0.4 is 5.32 Å².